The summed E-state index contributed by atoms with van der Waals surface area (Å²) in [5, 5.41) is 0. The maximum atomic E-state index is 12.3. The molecule has 1 fully saturated rings. The van der Waals surface area contributed by atoms with Gasteiger partial charge < -0.3 is 15.4 Å². The van der Waals surface area contributed by atoms with Crippen molar-refractivity contribution in [2.45, 2.75) is 32.4 Å². The van der Waals surface area contributed by atoms with E-state index in [9.17, 15) is 13.6 Å². The monoisotopic (exact) mass is 334 g/mol. The summed E-state index contributed by atoms with van der Waals surface area (Å²) in [5.41, 5.74) is 6.44. The fraction of sp³-hybridized carbons (Fsp3) is 0.533. The van der Waals surface area contributed by atoms with Gasteiger partial charge in [0.05, 0.1) is 6.42 Å². The third kappa shape index (κ3) is 4.81. The third-order valence-corrected chi connectivity index (χ3v) is 3.82. The van der Waals surface area contributed by atoms with E-state index in [1.165, 1.54) is 12.1 Å². The zero-order valence-corrected chi connectivity index (χ0v) is 13.2. The second-order valence-corrected chi connectivity index (χ2v) is 5.43. The Kier molecular flexibility index (Phi) is 7.03. The Balaban J connectivity index is 0.00000242. The number of hydrogen-bond donors (Lipinski definition) is 1. The number of carbonyl (C=O) groups excluding carboxylic acids is 1. The number of likely N-dealkylation sites (tertiary alicyclic amines) is 1. The Hall–Kier alpha value is -1.40. The highest BCUT2D eigenvalue weighted by Crippen LogP contribution is 2.23. The molecule has 2 atom stereocenters. The zero-order chi connectivity index (χ0) is 15.4. The average Bonchev–Trinajstić information content (AvgIpc) is 2.82. The molecule has 1 heterocycles. The predicted octanol–water partition coefficient (Wildman–Crippen LogP) is 2.45. The number of amides is 1. The van der Waals surface area contributed by atoms with E-state index in [4.69, 9.17) is 5.73 Å². The predicted molar refractivity (Wildman–Crippen MR) is 82.4 cm³/mol. The van der Waals surface area contributed by atoms with E-state index < -0.39 is 6.61 Å². The van der Waals surface area contributed by atoms with Gasteiger partial charge in [-0.1, -0.05) is 12.1 Å². The molecule has 7 heteroatoms. The van der Waals surface area contributed by atoms with Crippen molar-refractivity contribution in [3.63, 3.8) is 0 Å². The number of nitrogens with two attached hydrogens (primary N) is 1. The summed E-state index contributed by atoms with van der Waals surface area (Å²) in [6.07, 6.45) is 1.19. The van der Waals surface area contributed by atoms with Crippen LogP contribution >= 0.6 is 12.4 Å². The van der Waals surface area contributed by atoms with E-state index >= 15 is 0 Å². The van der Waals surface area contributed by atoms with Crippen molar-refractivity contribution in [1.29, 1.82) is 0 Å². The highest BCUT2D eigenvalue weighted by molar-refractivity contribution is 5.85. The lowest BCUT2D eigenvalue weighted by molar-refractivity contribution is -0.131. The molecule has 0 spiro atoms. The van der Waals surface area contributed by atoms with Gasteiger partial charge >= 0.3 is 6.61 Å². The summed E-state index contributed by atoms with van der Waals surface area (Å²) >= 11 is 0. The van der Waals surface area contributed by atoms with Crippen LogP contribution < -0.4 is 10.5 Å². The number of ether oxygens (including phenoxy) is 1. The lowest BCUT2D eigenvalue weighted by Crippen LogP contribution is -2.35. The first-order valence-electron chi connectivity index (χ1n) is 7.03. The minimum Gasteiger partial charge on any atom is -0.435 e. The van der Waals surface area contributed by atoms with Crippen LogP contribution in [0, 0.1) is 5.92 Å². The van der Waals surface area contributed by atoms with Gasteiger partial charge in [-0.05, 0) is 43.5 Å². The average molecular weight is 335 g/mol. The smallest absolute Gasteiger partial charge is 0.387 e. The third-order valence-electron chi connectivity index (χ3n) is 3.82. The lowest BCUT2D eigenvalue weighted by Gasteiger charge is -2.21. The highest BCUT2D eigenvalue weighted by Gasteiger charge is 2.31. The molecule has 1 aromatic carbocycles. The molecule has 1 saturated heterocycles. The van der Waals surface area contributed by atoms with Crippen molar-refractivity contribution in [3.05, 3.63) is 29.8 Å². The first-order chi connectivity index (χ1) is 9.99. The van der Waals surface area contributed by atoms with Crippen LogP contribution in [-0.2, 0) is 11.2 Å². The number of hydrogen-bond acceptors (Lipinski definition) is 3. The molecule has 0 bridgehead atoms. The molecular formula is C15H21ClF2N2O2. The summed E-state index contributed by atoms with van der Waals surface area (Å²) in [4.78, 5) is 14.1. The van der Waals surface area contributed by atoms with Gasteiger partial charge in [0, 0.05) is 12.6 Å². The summed E-state index contributed by atoms with van der Waals surface area (Å²) < 4.78 is 28.4. The minimum atomic E-state index is -2.84. The molecule has 0 aliphatic carbocycles. The Morgan fingerprint density at radius 3 is 2.55 bits per heavy atom. The first-order valence-corrected chi connectivity index (χ1v) is 7.03. The number of benzene rings is 1. The van der Waals surface area contributed by atoms with Crippen LogP contribution in [0.2, 0.25) is 0 Å². The molecule has 1 aliphatic rings. The van der Waals surface area contributed by atoms with Gasteiger partial charge in [0.15, 0.2) is 0 Å². The fourth-order valence-corrected chi connectivity index (χ4v) is 2.73. The molecule has 22 heavy (non-hydrogen) atoms. The van der Waals surface area contributed by atoms with Gasteiger partial charge in [0.2, 0.25) is 5.91 Å². The second kappa shape index (κ2) is 8.29. The van der Waals surface area contributed by atoms with E-state index in [-0.39, 0.29) is 36.5 Å². The van der Waals surface area contributed by atoms with Crippen molar-refractivity contribution in [1.82, 2.24) is 4.90 Å². The van der Waals surface area contributed by atoms with Gasteiger partial charge in [-0.15, -0.1) is 12.4 Å². The Bertz CT molecular complexity index is 485. The maximum Gasteiger partial charge on any atom is 0.387 e. The normalized spacial score (nSPS) is 20.9. The minimum absolute atomic E-state index is 0. The second-order valence-electron chi connectivity index (χ2n) is 5.43. The van der Waals surface area contributed by atoms with E-state index in [1.54, 1.807) is 12.1 Å². The van der Waals surface area contributed by atoms with Crippen LogP contribution in [0.25, 0.3) is 0 Å². The standard InChI is InChI=1S/C15H20F2N2O2.ClH/c1-10-6-12(8-18)9-19(10)14(20)7-11-2-4-13(5-3-11)21-15(16)17;/h2-5,10,12,15H,6-9,18H2,1H3;1H. The van der Waals surface area contributed by atoms with Crippen LogP contribution in [0.1, 0.15) is 18.9 Å². The molecule has 124 valence electrons. The largest absolute Gasteiger partial charge is 0.435 e. The molecule has 2 unspecified atom stereocenters. The molecule has 0 radical (unpaired) electrons. The molecule has 2 N–H and O–H groups in total. The highest BCUT2D eigenvalue weighted by atomic mass is 35.5. The van der Waals surface area contributed by atoms with Crippen LogP contribution in [0.4, 0.5) is 8.78 Å². The van der Waals surface area contributed by atoms with Gasteiger partial charge in [-0.2, -0.15) is 8.78 Å². The molecule has 1 amide bonds. The van der Waals surface area contributed by atoms with Crippen molar-refractivity contribution >= 4 is 18.3 Å². The Morgan fingerprint density at radius 2 is 2.05 bits per heavy atom. The van der Waals surface area contributed by atoms with Crippen molar-refractivity contribution in [3.8, 4) is 5.75 Å². The number of halogens is 3. The number of nitrogens with zero attached hydrogens (tertiary/aromatic N) is 1. The van der Waals surface area contributed by atoms with Gasteiger partial charge in [0.25, 0.3) is 0 Å². The van der Waals surface area contributed by atoms with Crippen LogP contribution in [-0.4, -0.2) is 36.5 Å². The summed E-state index contributed by atoms with van der Waals surface area (Å²) in [6, 6.07) is 6.37. The van der Waals surface area contributed by atoms with E-state index in [1.807, 2.05) is 11.8 Å². The summed E-state index contributed by atoms with van der Waals surface area (Å²) in [6.45, 7) is 0.473. The van der Waals surface area contributed by atoms with Crippen LogP contribution in [0.5, 0.6) is 5.75 Å². The van der Waals surface area contributed by atoms with Crippen molar-refractivity contribution < 1.29 is 18.3 Å². The Labute approximate surface area is 135 Å². The molecule has 1 aliphatic heterocycles. The van der Waals surface area contributed by atoms with E-state index in [2.05, 4.69) is 4.74 Å². The lowest BCUT2D eigenvalue weighted by atomic mass is 10.1. The molecular weight excluding hydrogens is 314 g/mol. The molecule has 0 saturated carbocycles. The van der Waals surface area contributed by atoms with E-state index in [0.29, 0.717) is 19.0 Å². The SMILES string of the molecule is CC1CC(CN)CN1C(=O)Cc1ccc(OC(F)F)cc1.Cl. The van der Waals surface area contributed by atoms with Gasteiger partial charge in [-0.3, -0.25) is 4.79 Å². The summed E-state index contributed by atoms with van der Waals surface area (Å²) in [5.74, 6) is 0.505. The quantitative estimate of drug-likeness (QED) is 0.900. The first kappa shape index (κ1) is 18.6. The fourth-order valence-electron chi connectivity index (χ4n) is 2.73. The van der Waals surface area contributed by atoms with Crippen molar-refractivity contribution in [2.24, 2.45) is 11.7 Å². The van der Waals surface area contributed by atoms with Crippen LogP contribution in [0.3, 0.4) is 0 Å². The number of rotatable bonds is 5. The van der Waals surface area contributed by atoms with E-state index in [0.717, 1.165) is 12.0 Å². The molecule has 0 aromatic heterocycles. The topological polar surface area (TPSA) is 55.6 Å². The number of alkyl halides is 2. The molecule has 4 nitrogen and oxygen atoms in total. The maximum absolute atomic E-state index is 12.3. The molecule has 2 rings (SSSR count). The van der Waals surface area contributed by atoms with Crippen LogP contribution in [0.15, 0.2) is 24.3 Å². The van der Waals surface area contributed by atoms with Gasteiger partial charge in [-0.25, -0.2) is 0 Å². The summed E-state index contributed by atoms with van der Waals surface area (Å²) in [7, 11) is 0. The Morgan fingerprint density at radius 1 is 1.41 bits per heavy atom. The van der Waals surface area contributed by atoms with Crippen molar-refractivity contribution in [2.75, 3.05) is 13.1 Å². The molecule has 1 aromatic rings. The zero-order valence-electron chi connectivity index (χ0n) is 12.4. The van der Waals surface area contributed by atoms with Gasteiger partial charge in [0.1, 0.15) is 5.75 Å². The number of carbonyl (C=O) groups is 1.